The van der Waals surface area contributed by atoms with Crippen molar-refractivity contribution in [2.24, 2.45) is 0 Å². The fourth-order valence-electron chi connectivity index (χ4n) is 3.32. The third-order valence-electron chi connectivity index (χ3n) is 4.77. The highest BCUT2D eigenvalue weighted by atomic mass is 16.2. The first-order valence-electron chi connectivity index (χ1n) is 8.66. The number of carbonyl (C=O) groups excluding carboxylic acids is 2. The first-order valence-corrected chi connectivity index (χ1v) is 8.66. The molecular formula is C19H24N4O2. The number of piperazine rings is 1. The van der Waals surface area contributed by atoms with Crippen LogP contribution < -0.4 is 0 Å². The monoisotopic (exact) mass is 340 g/mol. The van der Waals surface area contributed by atoms with Crippen molar-refractivity contribution < 1.29 is 9.59 Å². The highest BCUT2D eigenvalue weighted by molar-refractivity contribution is 5.95. The van der Waals surface area contributed by atoms with Crippen LogP contribution in [-0.4, -0.2) is 51.0 Å². The third-order valence-corrected chi connectivity index (χ3v) is 4.77. The molecule has 1 aromatic carbocycles. The Morgan fingerprint density at radius 2 is 1.92 bits per heavy atom. The zero-order valence-corrected chi connectivity index (χ0v) is 15.0. The molecule has 0 saturated carbocycles. The molecule has 1 fully saturated rings. The summed E-state index contributed by atoms with van der Waals surface area (Å²) in [4.78, 5) is 28.7. The standard InChI is InChI=1S/C19H24N4O2/c1-4-22-12-17(14(2)20-22)19(25)23-11-10-21(15(3)24)13-18(23)16-8-6-5-7-9-16/h5-9,12,18H,4,10-11,13H2,1-3H3. The Labute approximate surface area is 148 Å². The van der Waals surface area contributed by atoms with Crippen LogP contribution in [0.2, 0.25) is 0 Å². The zero-order chi connectivity index (χ0) is 18.0. The normalized spacial score (nSPS) is 17.6. The van der Waals surface area contributed by atoms with E-state index in [2.05, 4.69) is 5.10 Å². The highest BCUT2D eigenvalue weighted by Gasteiger charge is 2.34. The van der Waals surface area contributed by atoms with Crippen molar-refractivity contribution in [1.82, 2.24) is 19.6 Å². The fraction of sp³-hybridized carbons (Fsp3) is 0.421. The number of carbonyl (C=O) groups is 2. The number of rotatable bonds is 3. The lowest BCUT2D eigenvalue weighted by atomic mass is 10.0. The van der Waals surface area contributed by atoms with Crippen LogP contribution in [0.1, 0.15) is 41.5 Å². The quantitative estimate of drug-likeness (QED) is 0.861. The van der Waals surface area contributed by atoms with Crippen molar-refractivity contribution in [3.8, 4) is 0 Å². The van der Waals surface area contributed by atoms with Crippen molar-refractivity contribution >= 4 is 11.8 Å². The summed E-state index contributed by atoms with van der Waals surface area (Å²) >= 11 is 0. The molecule has 1 saturated heterocycles. The minimum absolute atomic E-state index is 0.0192. The van der Waals surface area contributed by atoms with Gasteiger partial charge in [-0.3, -0.25) is 14.3 Å². The second-order valence-electron chi connectivity index (χ2n) is 6.37. The summed E-state index contributed by atoms with van der Waals surface area (Å²) in [5.74, 6) is 0.0252. The molecule has 3 rings (SSSR count). The van der Waals surface area contributed by atoms with Gasteiger partial charge in [0, 0.05) is 39.3 Å². The molecular weight excluding hydrogens is 316 g/mol. The molecule has 0 aliphatic carbocycles. The number of aryl methyl sites for hydroxylation is 2. The van der Waals surface area contributed by atoms with E-state index < -0.39 is 0 Å². The van der Waals surface area contributed by atoms with Gasteiger partial charge >= 0.3 is 0 Å². The molecule has 0 bridgehead atoms. The predicted molar refractivity (Wildman–Crippen MR) is 95.1 cm³/mol. The van der Waals surface area contributed by atoms with E-state index in [0.717, 1.165) is 17.8 Å². The molecule has 2 heterocycles. The van der Waals surface area contributed by atoms with E-state index in [4.69, 9.17) is 0 Å². The summed E-state index contributed by atoms with van der Waals surface area (Å²) < 4.78 is 1.78. The van der Waals surface area contributed by atoms with Crippen molar-refractivity contribution in [2.45, 2.75) is 33.4 Å². The molecule has 1 atom stereocenters. The minimum Gasteiger partial charge on any atom is -0.339 e. The highest BCUT2D eigenvalue weighted by Crippen LogP contribution is 2.27. The molecule has 132 valence electrons. The number of aromatic nitrogens is 2. The van der Waals surface area contributed by atoms with Crippen molar-refractivity contribution in [3.05, 3.63) is 53.3 Å². The molecule has 1 aromatic heterocycles. The Kier molecular flexibility index (Phi) is 4.88. The van der Waals surface area contributed by atoms with Crippen molar-refractivity contribution in [3.63, 3.8) is 0 Å². The molecule has 0 radical (unpaired) electrons. The summed E-state index contributed by atoms with van der Waals surface area (Å²) in [6.07, 6.45) is 1.82. The lowest BCUT2D eigenvalue weighted by Gasteiger charge is -2.41. The molecule has 0 spiro atoms. The average Bonchev–Trinajstić information content (AvgIpc) is 3.02. The first kappa shape index (κ1) is 17.2. The average molecular weight is 340 g/mol. The van der Waals surface area contributed by atoms with Crippen LogP contribution in [-0.2, 0) is 11.3 Å². The summed E-state index contributed by atoms with van der Waals surface area (Å²) in [5, 5.41) is 4.39. The summed E-state index contributed by atoms with van der Waals surface area (Å²) in [6, 6.07) is 9.76. The van der Waals surface area contributed by atoms with E-state index in [9.17, 15) is 9.59 Å². The Balaban J connectivity index is 1.93. The maximum absolute atomic E-state index is 13.2. The van der Waals surface area contributed by atoms with Gasteiger partial charge in [0.2, 0.25) is 5.91 Å². The molecule has 0 N–H and O–H groups in total. The van der Waals surface area contributed by atoms with E-state index in [0.29, 0.717) is 25.2 Å². The molecule has 1 unspecified atom stereocenters. The van der Waals surface area contributed by atoms with Gasteiger partial charge in [0.25, 0.3) is 5.91 Å². The van der Waals surface area contributed by atoms with E-state index in [1.807, 2.05) is 60.2 Å². The van der Waals surface area contributed by atoms with Gasteiger partial charge in [-0.2, -0.15) is 5.10 Å². The van der Waals surface area contributed by atoms with E-state index >= 15 is 0 Å². The zero-order valence-electron chi connectivity index (χ0n) is 15.0. The second-order valence-corrected chi connectivity index (χ2v) is 6.37. The van der Waals surface area contributed by atoms with Crippen LogP contribution in [0.15, 0.2) is 36.5 Å². The maximum Gasteiger partial charge on any atom is 0.257 e. The van der Waals surface area contributed by atoms with Crippen LogP contribution in [0.25, 0.3) is 0 Å². The van der Waals surface area contributed by atoms with Gasteiger partial charge in [-0.15, -0.1) is 0 Å². The molecule has 2 amide bonds. The Morgan fingerprint density at radius 3 is 2.52 bits per heavy atom. The molecule has 2 aromatic rings. The van der Waals surface area contributed by atoms with Crippen molar-refractivity contribution in [2.75, 3.05) is 19.6 Å². The lowest BCUT2D eigenvalue weighted by Crippen LogP contribution is -2.51. The number of hydrogen-bond acceptors (Lipinski definition) is 3. The van der Waals surface area contributed by atoms with Gasteiger partial charge in [-0.05, 0) is 19.4 Å². The molecule has 6 nitrogen and oxygen atoms in total. The van der Waals surface area contributed by atoms with E-state index in [-0.39, 0.29) is 17.9 Å². The van der Waals surface area contributed by atoms with Crippen LogP contribution >= 0.6 is 0 Å². The number of nitrogens with zero attached hydrogens (tertiary/aromatic N) is 4. The van der Waals surface area contributed by atoms with E-state index in [1.54, 1.807) is 11.6 Å². The third kappa shape index (κ3) is 3.43. The Bertz CT molecular complexity index is 769. The van der Waals surface area contributed by atoms with Gasteiger partial charge in [0.1, 0.15) is 0 Å². The smallest absolute Gasteiger partial charge is 0.257 e. The van der Waals surface area contributed by atoms with Crippen LogP contribution in [0, 0.1) is 6.92 Å². The van der Waals surface area contributed by atoms with Crippen molar-refractivity contribution in [1.29, 1.82) is 0 Å². The topological polar surface area (TPSA) is 58.4 Å². The maximum atomic E-state index is 13.2. The predicted octanol–water partition coefficient (Wildman–Crippen LogP) is 2.26. The van der Waals surface area contributed by atoms with Crippen LogP contribution in [0.3, 0.4) is 0 Å². The SMILES string of the molecule is CCn1cc(C(=O)N2CCN(C(C)=O)CC2c2ccccc2)c(C)n1. The second kappa shape index (κ2) is 7.09. The van der Waals surface area contributed by atoms with Gasteiger partial charge < -0.3 is 9.80 Å². The number of hydrogen-bond donors (Lipinski definition) is 0. The summed E-state index contributed by atoms with van der Waals surface area (Å²) in [6.45, 7) is 7.78. The van der Waals surface area contributed by atoms with E-state index in [1.165, 1.54) is 0 Å². The molecule has 1 aliphatic heterocycles. The van der Waals surface area contributed by atoms with Gasteiger partial charge in [0.15, 0.2) is 0 Å². The summed E-state index contributed by atoms with van der Waals surface area (Å²) in [7, 11) is 0. The number of amides is 2. The summed E-state index contributed by atoms with van der Waals surface area (Å²) in [5.41, 5.74) is 2.43. The largest absolute Gasteiger partial charge is 0.339 e. The molecule has 1 aliphatic rings. The number of benzene rings is 1. The molecule has 6 heteroatoms. The Hall–Kier alpha value is -2.63. The minimum atomic E-state index is -0.143. The van der Waals surface area contributed by atoms with Gasteiger partial charge in [-0.25, -0.2) is 0 Å². The molecule has 25 heavy (non-hydrogen) atoms. The Morgan fingerprint density at radius 1 is 1.20 bits per heavy atom. The van der Waals surface area contributed by atoms with Crippen LogP contribution in [0.5, 0.6) is 0 Å². The fourth-order valence-corrected chi connectivity index (χ4v) is 3.32. The van der Waals surface area contributed by atoms with Gasteiger partial charge in [-0.1, -0.05) is 30.3 Å². The lowest BCUT2D eigenvalue weighted by molar-refractivity contribution is -0.131. The van der Waals surface area contributed by atoms with Crippen LogP contribution in [0.4, 0.5) is 0 Å². The first-order chi connectivity index (χ1) is 12.0. The van der Waals surface area contributed by atoms with Gasteiger partial charge in [0.05, 0.1) is 17.3 Å².